The summed E-state index contributed by atoms with van der Waals surface area (Å²) in [7, 11) is 0. The molecule has 7 heteroatoms. The van der Waals surface area contributed by atoms with Gasteiger partial charge in [-0.1, -0.05) is 24.3 Å². The first kappa shape index (κ1) is 14.8. The lowest BCUT2D eigenvalue weighted by atomic mass is 10.1. The van der Waals surface area contributed by atoms with Gasteiger partial charge in [0.1, 0.15) is 0 Å². The monoisotopic (exact) mass is 282 g/mol. The molecule has 0 aromatic heterocycles. The third-order valence-corrected chi connectivity index (χ3v) is 1.98. The van der Waals surface area contributed by atoms with Gasteiger partial charge < -0.3 is 0 Å². The Morgan fingerprint density at radius 1 is 0.733 bits per heavy atom. The van der Waals surface area contributed by atoms with Crippen molar-refractivity contribution in [2.45, 2.75) is 10.8 Å². The van der Waals surface area contributed by atoms with Crippen LogP contribution < -0.4 is 0 Å². The second-order valence-corrected chi connectivity index (χ2v) is 3.52. The molecule has 0 amide bonds. The lowest BCUT2D eigenvalue weighted by Gasteiger charge is -2.11. The molecule has 0 unspecified atom stereocenters. The molecule has 0 saturated heterocycles. The molecule has 0 aliphatic heterocycles. The highest BCUT2D eigenvalue weighted by atomic mass is 35.5. The first-order valence-electron chi connectivity index (χ1n) is 3.46. The van der Waals surface area contributed by atoms with E-state index in [0.717, 1.165) is 24.3 Å². The summed E-state index contributed by atoms with van der Waals surface area (Å²) in [4.78, 5) is 0. The Kier molecular flexibility index (Phi) is 4.70. The molecule has 15 heavy (non-hydrogen) atoms. The van der Waals surface area contributed by atoms with E-state index in [1.54, 1.807) is 0 Å². The van der Waals surface area contributed by atoms with Crippen LogP contribution in [0.1, 0.15) is 11.1 Å². The van der Waals surface area contributed by atoms with Crippen LogP contribution in [0, 0.1) is 0 Å². The van der Waals surface area contributed by atoms with Crippen molar-refractivity contribution in [3.8, 4) is 0 Å². The van der Waals surface area contributed by atoms with E-state index in [0.29, 0.717) is 0 Å². The van der Waals surface area contributed by atoms with E-state index in [1.165, 1.54) is 0 Å². The molecule has 0 aliphatic carbocycles. The molecule has 0 spiro atoms. The average molecular weight is 283 g/mol. The van der Waals surface area contributed by atoms with E-state index < -0.39 is 21.9 Å². The Hall–Kier alpha value is -0.190. The van der Waals surface area contributed by atoms with Crippen molar-refractivity contribution in [2.24, 2.45) is 0 Å². The van der Waals surface area contributed by atoms with Crippen LogP contribution in [0.2, 0.25) is 0 Å². The molecule has 0 radical (unpaired) electrons. The molecule has 0 nitrogen and oxygen atoms in total. The van der Waals surface area contributed by atoms with Gasteiger partial charge in [0.2, 0.25) is 0 Å². The summed E-state index contributed by atoms with van der Waals surface area (Å²) in [5.74, 6) is 0. The fraction of sp³-hybridized carbons (Fsp3) is 0.250. The normalized spacial score (nSPS) is 12.1. The number of hydrogen-bond donors (Lipinski definition) is 0. The zero-order chi connectivity index (χ0) is 11.0. The third kappa shape index (κ3) is 4.05. The largest absolute Gasteiger partial charge is 0.348 e. The summed E-state index contributed by atoms with van der Waals surface area (Å²) in [5.41, 5.74) is -1.10. The van der Waals surface area contributed by atoms with Crippen LogP contribution >= 0.6 is 35.6 Å². The topological polar surface area (TPSA) is 0 Å². The summed E-state index contributed by atoms with van der Waals surface area (Å²) in [6.07, 6.45) is 0. The molecule has 1 aromatic rings. The third-order valence-electron chi connectivity index (χ3n) is 1.54. The van der Waals surface area contributed by atoms with Crippen LogP contribution in [0.25, 0.3) is 0 Å². The standard InChI is InChI=1S/C8H4Cl2F4.ClH/c9-7(11,12)5-1-2-6(4-3-5)8(10,13)14;/h1-4H;1H. The molecule has 0 aliphatic rings. The van der Waals surface area contributed by atoms with E-state index in [9.17, 15) is 17.6 Å². The van der Waals surface area contributed by atoms with E-state index in [-0.39, 0.29) is 12.4 Å². The second-order valence-electron chi connectivity index (χ2n) is 2.57. The summed E-state index contributed by atoms with van der Waals surface area (Å²) in [6, 6.07) is 3.22. The van der Waals surface area contributed by atoms with Gasteiger partial charge in [0.15, 0.2) is 0 Å². The second kappa shape index (κ2) is 4.76. The van der Waals surface area contributed by atoms with E-state index in [1.807, 2.05) is 0 Å². The molecule has 1 aromatic carbocycles. The molecular weight excluding hydrogens is 278 g/mol. The predicted octanol–water partition coefficient (Wildman–Crippen LogP) is 4.68. The highest BCUT2D eigenvalue weighted by molar-refractivity contribution is 6.22. The van der Waals surface area contributed by atoms with E-state index in [2.05, 4.69) is 23.2 Å². The van der Waals surface area contributed by atoms with Crippen LogP contribution in [-0.4, -0.2) is 0 Å². The van der Waals surface area contributed by atoms with Crippen molar-refractivity contribution < 1.29 is 17.6 Å². The van der Waals surface area contributed by atoms with Crippen molar-refractivity contribution in [1.82, 2.24) is 0 Å². The molecule has 0 N–H and O–H groups in total. The first-order valence-corrected chi connectivity index (χ1v) is 4.21. The van der Waals surface area contributed by atoms with Crippen LogP contribution in [0.4, 0.5) is 17.6 Å². The molecule has 86 valence electrons. The maximum Gasteiger partial charge on any atom is 0.348 e. The van der Waals surface area contributed by atoms with Gasteiger partial charge >= 0.3 is 10.8 Å². The maximum absolute atomic E-state index is 12.4. The molecule has 1 rings (SSSR count). The van der Waals surface area contributed by atoms with Crippen molar-refractivity contribution >= 4 is 35.6 Å². The van der Waals surface area contributed by atoms with Crippen LogP contribution in [0.15, 0.2) is 24.3 Å². The summed E-state index contributed by atoms with van der Waals surface area (Å²) >= 11 is 9.34. The van der Waals surface area contributed by atoms with Gasteiger partial charge in [-0.2, -0.15) is 17.6 Å². The van der Waals surface area contributed by atoms with Gasteiger partial charge in [0.05, 0.1) is 0 Å². The quantitative estimate of drug-likeness (QED) is 0.546. The van der Waals surface area contributed by atoms with Crippen molar-refractivity contribution in [3.63, 3.8) is 0 Å². The number of benzene rings is 1. The maximum atomic E-state index is 12.4. The summed E-state index contributed by atoms with van der Waals surface area (Å²) in [5, 5.41) is -7.11. The number of hydrogen-bond acceptors (Lipinski definition) is 0. The Morgan fingerprint density at radius 2 is 0.933 bits per heavy atom. The smallest absolute Gasteiger partial charge is 0.183 e. The molecule has 0 atom stereocenters. The minimum Gasteiger partial charge on any atom is -0.183 e. The molecule has 0 bridgehead atoms. The number of rotatable bonds is 2. The average Bonchev–Trinajstić information content (AvgIpc) is 2.01. The van der Waals surface area contributed by atoms with Crippen LogP contribution in [0.3, 0.4) is 0 Å². The highest BCUT2D eigenvalue weighted by Gasteiger charge is 2.31. The first-order chi connectivity index (χ1) is 6.21. The Balaban J connectivity index is 0.00000196. The number of alkyl halides is 6. The van der Waals surface area contributed by atoms with Crippen molar-refractivity contribution in [3.05, 3.63) is 35.4 Å². The fourth-order valence-electron chi connectivity index (χ4n) is 0.848. The van der Waals surface area contributed by atoms with Gasteiger partial charge in [-0.05, 0) is 23.2 Å². The lowest BCUT2D eigenvalue weighted by molar-refractivity contribution is 0.0906. The van der Waals surface area contributed by atoms with Gasteiger partial charge in [-0.25, -0.2) is 0 Å². The summed E-state index contributed by atoms with van der Waals surface area (Å²) in [6.45, 7) is 0. The zero-order valence-corrected chi connectivity index (χ0v) is 9.31. The Bertz CT molecular complexity index is 279. The minimum atomic E-state index is -3.56. The molecule has 0 fully saturated rings. The molecular formula is C8H5Cl3F4. The zero-order valence-electron chi connectivity index (χ0n) is 6.99. The fourth-order valence-corrected chi connectivity index (χ4v) is 1.10. The van der Waals surface area contributed by atoms with Crippen molar-refractivity contribution in [2.75, 3.05) is 0 Å². The van der Waals surface area contributed by atoms with Gasteiger partial charge in [-0.3, -0.25) is 0 Å². The minimum absolute atomic E-state index is 0. The van der Waals surface area contributed by atoms with Gasteiger partial charge in [-0.15, -0.1) is 12.4 Å². The molecule has 0 heterocycles. The number of halogens is 7. The van der Waals surface area contributed by atoms with Crippen LogP contribution in [0.5, 0.6) is 0 Å². The lowest BCUT2D eigenvalue weighted by Crippen LogP contribution is -2.06. The molecule has 0 saturated carbocycles. The van der Waals surface area contributed by atoms with Crippen molar-refractivity contribution in [1.29, 1.82) is 0 Å². The predicted molar refractivity (Wildman–Crippen MR) is 53.2 cm³/mol. The summed E-state index contributed by atoms with van der Waals surface area (Å²) < 4.78 is 49.7. The Morgan fingerprint density at radius 3 is 1.07 bits per heavy atom. The van der Waals surface area contributed by atoms with E-state index >= 15 is 0 Å². The highest BCUT2D eigenvalue weighted by Crippen LogP contribution is 2.36. The van der Waals surface area contributed by atoms with Gasteiger partial charge in [0.25, 0.3) is 0 Å². The Labute approximate surface area is 99.6 Å². The van der Waals surface area contributed by atoms with E-state index in [4.69, 9.17) is 0 Å². The van der Waals surface area contributed by atoms with Crippen LogP contribution in [-0.2, 0) is 10.8 Å². The van der Waals surface area contributed by atoms with Gasteiger partial charge in [0, 0.05) is 11.1 Å². The SMILES string of the molecule is Cl.FC(F)(Cl)c1ccc(C(F)(F)Cl)cc1.